The summed E-state index contributed by atoms with van der Waals surface area (Å²) in [4.78, 5) is 24.7. The second-order valence-electron chi connectivity index (χ2n) is 6.27. The predicted molar refractivity (Wildman–Crippen MR) is 97.3 cm³/mol. The number of nitrogens with zero attached hydrogens (tertiary/aromatic N) is 2. The highest BCUT2D eigenvalue weighted by Gasteiger charge is 2.36. The van der Waals surface area contributed by atoms with Gasteiger partial charge in [0.2, 0.25) is 0 Å². The van der Waals surface area contributed by atoms with Gasteiger partial charge in [0.1, 0.15) is 0 Å². The second-order valence-corrected chi connectivity index (χ2v) is 8.94. The quantitative estimate of drug-likeness (QED) is 0.510. The first-order valence-electron chi connectivity index (χ1n) is 8.23. The highest BCUT2D eigenvalue weighted by Crippen LogP contribution is 2.30. The molecular weight excluding hydrogens is 384 g/mol. The summed E-state index contributed by atoms with van der Waals surface area (Å²) in [5.74, 6) is -0.465. The van der Waals surface area contributed by atoms with E-state index in [1.54, 1.807) is 0 Å². The van der Waals surface area contributed by atoms with Gasteiger partial charge in [-0.15, -0.1) is 0 Å². The fraction of sp³-hybridized carbons (Fsp3) is 0.562. The van der Waals surface area contributed by atoms with Gasteiger partial charge in [-0.25, -0.2) is 8.42 Å². The summed E-state index contributed by atoms with van der Waals surface area (Å²) < 4.78 is 28.9. The first-order chi connectivity index (χ1) is 12.1. The summed E-state index contributed by atoms with van der Waals surface area (Å²) in [6.07, 6.45) is 1.04. The molecule has 0 radical (unpaired) electrons. The van der Waals surface area contributed by atoms with E-state index in [-0.39, 0.29) is 34.0 Å². The van der Waals surface area contributed by atoms with Crippen molar-refractivity contribution < 1.29 is 22.9 Å². The molecule has 1 heterocycles. The van der Waals surface area contributed by atoms with E-state index < -0.39 is 33.3 Å². The smallest absolute Gasteiger partial charge is 0.312 e. The lowest BCUT2D eigenvalue weighted by atomic mass is 10.1. The van der Waals surface area contributed by atoms with Crippen LogP contribution in [0.5, 0.6) is 5.75 Å². The molecule has 144 valence electrons. The number of benzene rings is 1. The lowest BCUT2D eigenvalue weighted by molar-refractivity contribution is -0.385. The molecule has 0 unspecified atom stereocenters. The minimum absolute atomic E-state index is 0.0569. The summed E-state index contributed by atoms with van der Waals surface area (Å²) >= 11 is 5.76. The van der Waals surface area contributed by atoms with Crippen molar-refractivity contribution in [1.29, 1.82) is 0 Å². The summed E-state index contributed by atoms with van der Waals surface area (Å²) in [7, 11) is -3.14. The van der Waals surface area contributed by atoms with E-state index in [0.717, 1.165) is 6.07 Å². The monoisotopic (exact) mass is 404 g/mol. The van der Waals surface area contributed by atoms with Crippen LogP contribution in [-0.2, 0) is 14.6 Å². The van der Waals surface area contributed by atoms with Crippen molar-refractivity contribution >= 4 is 33.0 Å². The summed E-state index contributed by atoms with van der Waals surface area (Å²) in [6, 6.07) is 3.36. The van der Waals surface area contributed by atoms with Gasteiger partial charge in [-0.1, -0.05) is 18.5 Å². The van der Waals surface area contributed by atoms with Gasteiger partial charge in [0.05, 0.1) is 16.4 Å². The summed E-state index contributed by atoms with van der Waals surface area (Å²) in [6.45, 7) is 3.33. The normalized spacial score (nSPS) is 19.7. The minimum atomic E-state index is -3.14. The number of ether oxygens (including phenoxy) is 1. The molecule has 2 rings (SSSR count). The Balaban J connectivity index is 2.14. The molecule has 0 bridgehead atoms. The highest BCUT2D eigenvalue weighted by molar-refractivity contribution is 7.91. The van der Waals surface area contributed by atoms with Crippen LogP contribution in [0.1, 0.15) is 26.7 Å². The standard InChI is InChI=1S/C16H21ClN2O6S/c1-3-11(2)18(13-6-7-26(23,24)10-13)16(20)9-25-15-5-4-12(17)8-14(15)19(21)22/h4-5,8,11,13H,3,6-7,9-10H2,1-2H3/t11-,13+/m1/s1. The maximum atomic E-state index is 12.7. The molecule has 1 amide bonds. The molecule has 0 saturated carbocycles. The Morgan fingerprint density at radius 3 is 2.73 bits per heavy atom. The van der Waals surface area contributed by atoms with E-state index >= 15 is 0 Å². The van der Waals surface area contributed by atoms with Gasteiger partial charge in [0.25, 0.3) is 5.91 Å². The molecule has 26 heavy (non-hydrogen) atoms. The van der Waals surface area contributed by atoms with E-state index in [1.165, 1.54) is 17.0 Å². The molecule has 10 heteroatoms. The zero-order chi connectivity index (χ0) is 19.5. The van der Waals surface area contributed by atoms with Gasteiger partial charge in [-0.2, -0.15) is 0 Å². The number of nitro groups is 1. The third-order valence-corrected chi connectivity index (χ3v) is 6.41. The Morgan fingerprint density at radius 2 is 2.19 bits per heavy atom. The molecule has 8 nitrogen and oxygen atoms in total. The number of rotatable bonds is 7. The largest absolute Gasteiger partial charge is 0.477 e. The van der Waals surface area contributed by atoms with E-state index in [4.69, 9.17) is 16.3 Å². The number of hydrogen-bond acceptors (Lipinski definition) is 6. The van der Waals surface area contributed by atoms with Crippen molar-refractivity contribution in [1.82, 2.24) is 4.90 Å². The van der Waals surface area contributed by atoms with Crippen LogP contribution in [0.4, 0.5) is 5.69 Å². The number of halogens is 1. The van der Waals surface area contributed by atoms with Gasteiger partial charge < -0.3 is 9.64 Å². The summed E-state index contributed by atoms with van der Waals surface area (Å²) in [5, 5.41) is 11.3. The molecule has 1 aliphatic heterocycles. The average molecular weight is 405 g/mol. The van der Waals surface area contributed by atoms with Crippen LogP contribution < -0.4 is 4.74 Å². The van der Waals surface area contributed by atoms with E-state index in [0.29, 0.717) is 12.8 Å². The van der Waals surface area contributed by atoms with Crippen LogP contribution in [0.15, 0.2) is 18.2 Å². The molecule has 1 aliphatic rings. The van der Waals surface area contributed by atoms with Crippen molar-refractivity contribution in [3.8, 4) is 5.75 Å². The lowest BCUT2D eigenvalue weighted by Crippen LogP contribution is -2.48. The van der Waals surface area contributed by atoms with Gasteiger partial charge in [-0.05, 0) is 31.9 Å². The van der Waals surface area contributed by atoms with Gasteiger partial charge in [0.15, 0.2) is 22.2 Å². The molecule has 0 aromatic heterocycles. The fourth-order valence-electron chi connectivity index (χ4n) is 2.97. The van der Waals surface area contributed by atoms with Crippen LogP contribution >= 0.6 is 11.6 Å². The zero-order valence-electron chi connectivity index (χ0n) is 14.6. The fourth-order valence-corrected chi connectivity index (χ4v) is 4.85. The van der Waals surface area contributed by atoms with Crippen molar-refractivity contribution in [2.45, 2.75) is 38.8 Å². The number of nitro benzene ring substituents is 1. The van der Waals surface area contributed by atoms with Crippen molar-refractivity contribution in [3.05, 3.63) is 33.3 Å². The van der Waals surface area contributed by atoms with Crippen LogP contribution in [-0.4, -0.2) is 54.3 Å². The summed E-state index contributed by atoms with van der Waals surface area (Å²) in [5.41, 5.74) is -0.330. The maximum Gasteiger partial charge on any atom is 0.312 e. The van der Waals surface area contributed by atoms with E-state index in [1.807, 2.05) is 13.8 Å². The number of amides is 1. The maximum absolute atomic E-state index is 12.7. The zero-order valence-corrected chi connectivity index (χ0v) is 16.1. The van der Waals surface area contributed by atoms with Crippen LogP contribution in [0.3, 0.4) is 0 Å². The third-order valence-electron chi connectivity index (χ3n) is 4.42. The highest BCUT2D eigenvalue weighted by atomic mass is 35.5. The molecule has 1 aromatic carbocycles. The molecule has 2 atom stereocenters. The Hall–Kier alpha value is -1.87. The Kier molecular flexibility index (Phi) is 6.46. The third kappa shape index (κ3) is 4.85. The molecule has 0 N–H and O–H groups in total. The Bertz CT molecular complexity index is 798. The van der Waals surface area contributed by atoms with Gasteiger partial charge >= 0.3 is 5.69 Å². The van der Waals surface area contributed by atoms with Crippen LogP contribution in [0, 0.1) is 10.1 Å². The van der Waals surface area contributed by atoms with Crippen LogP contribution in [0.25, 0.3) is 0 Å². The van der Waals surface area contributed by atoms with Gasteiger partial charge in [-0.3, -0.25) is 14.9 Å². The first-order valence-corrected chi connectivity index (χ1v) is 10.4. The Labute approximate surface area is 157 Å². The topological polar surface area (TPSA) is 107 Å². The van der Waals surface area contributed by atoms with Gasteiger partial charge in [0, 0.05) is 23.2 Å². The second kappa shape index (κ2) is 8.22. The predicted octanol–water partition coefficient (Wildman–Crippen LogP) is 2.44. The molecular formula is C16H21ClN2O6S. The lowest BCUT2D eigenvalue weighted by Gasteiger charge is -2.33. The first kappa shape index (κ1) is 20.4. The van der Waals surface area contributed by atoms with Crippen molar-refractivity contribution in [2.75, 3.05) is 18.1 Å². The van der Waals surface area contributed by atoms with E-state index in [2.05, 4.69) is 0 Å². The SMILES string of the molecule is CC[C@@H](C)N(C(=O)COc1ccc(Cl)cc1[N+](=O)[O-])[C@H]1CCS(=O)(=O)C1. The molecule has 0 spiro atoms. The number of carbonyl (C=O) groups excluding carboxylic acids is 1. The Morgan fingerprint density at radius 1 is 1.50 bits per heavy atom. The molecule has 1 saturated heterocycles. The number of carbonyl (C=O) groups is 1. The van der Waals surface area contributed by atoms with Crippen LogP contribution in [0.2, 0.25) is 5.02 Å². The average Bonchev–Trinajstić information content (AvgIpc) is 2.92. The van der Waals surface area contributed by atoms with Crippen molar-refractivity contribution in [2.24, 2.45) is 0 Å². The molecule has 1 fully saturated rings. The molecule has 0 aliphatic carbocycles. The molecule has 1 aromatic rings. The minimum Gasteiger partial charge on any atom is -0.477 e. The number of hydrogen-bond donors (Lipinski definition) is 0. The van der Waals surface area contributed by atoms with E-state index in [9.17, 15) is 23.3 Å². The number of sulfone groups is 1. The van der Waals surface area contributed by atoms with Crippen molar-refractivity contribution in [3.63, 3.8) is 0 Å².